The van der Waals surface area contributed by atoms with Gasteiger partial charge in [0.15, 0.2) is 0 Å². The highest BCUT2D eigenvalue weighted by molar-refractivity contribution is 7.08. The Morgan fingerprint density at radius 3 is 2.50 bits per heavy atom. The summed E-state index contributed by atoms with van der Waals surface area (Å²) in [4.78, 5) is 0. The SMILES string of the molecule is [CH2]c1cscc1C=C. The van der Waals surface area contributed by atoms with Crippen LogP contribution in [0.5, 0.6) is 0 Å². The number of rotatable bonds is 1. The first kappa shape index (κ1) is 5.57. The highest BCUT2D eigenvalue weighted by Crippen LogP contribution is 2.13. The summed E-state index contributed by atoms with van der Waals surface area (Å²) < 4.78 is 0. The van der Waals surface area contributed by atoms with Gasteiger partial charge in [-0.1, -0.05) is 12.7 Å². The summed E-state index contributed by atoms with van der Waals surface area (Å²) in [5.41, 5.74) is 2.22. The summed E-state index contributed by atoms with van der Waals surface area (Å²) in [5.74, 6) is 0. The molecule has 0 fully saturated rings. The van der Waals surface area contributed by atoms with Gasteiger partial charge in [0, 0.05) is 0 Å². The second kappa shape index (κ2) is 2.14. The summed E-state index contributed by atoms with van der Waals surface area (Å²) in [7, 11) is 0. The molecule has 0 aliphatic rings. The second-order valence-electron chi connectivity index (χ2n) is 1.56. The monoisotopic (exact) mass is 123 g/mol. The molecule has 0 nitrogen and oxygen atoms in total. The van der Waals surface area contributed by atoms with E-state index in [2.05, 4.69) is 13.5 Å². The molecule has 1 radical (unpaired) electrons. The van der Waals surface area contributed by atoms with E-state index in [4.69, 9.17) is 0 Å². The average molecular weight is 123 g/mol. The predicted octanol–water partition coefficient (Wildman–Crippen LogP) is 2.57. The Morgan fingerprint density at radius 2 is 2.25 bits per heavy atom. The molecule has 0 atom stereocenters. The molecule has 1 heteroatoms. The van der Waals surface area contributed by atoms with Crippen molar-refractivity contribution in [1.29, 1.82) is 0 Å². The van der Waals surface area contributed by atoms with Gasteiger partial charge in [0.05, 0.1) is 0 Å². The zero-order chi connectivity index (χ0) is 5.98. The minimum atomic E-state index is 1.07. The first-order chi connectivity index (χ1) is 3.84. The molecule has 0 N–H and O–H groups in total. The predicted molar refractivity (Wildman–Crippen MR) is 38.9 cm³/mol. The van der Waals surface area contributed by atoms with E-state index in [9.17, 15) is 0 Å². The van der Waals surface area contributed by atoms with Gasteiger partial charge in [-0.15, -0.1) is 0 Å². The smallest absolute Gasteiger partial charge is 0.00181 e. The Labute approximate surface area is 53.5 Å². The van der Waals surface area contributed by atoms with E-state index in [0.29, 0.717) is 0 Å². The Balaban J connectivity index is 3.09. The van der Waals surface area contributed by atoms with Crippen molar-refractivity contribution < 1.29 is 0 Å². The van der Waals surface area contributed by atoms with E-state index in [0.717, 1.165) is 11.1 Å². The minimum Gasteiger partial charge on any atom is -0.152 e. The van der Waals surface area contributed by atoms with Crippen molar-refractivity contribution in [3.63, 3.8) is 0 Å². The van der Waals surface area contributed by atoms with Crippen LogP contribution in [0, 0.1) is 6.92 Å². The van der Waals surface area contributed by atoms with Gasteiger partial charge in [0.1, 0.15) is 0 Å². The summed E-state index contributed by atoms with van der Waals surface area (Å²) >= 11 is 1.66. The lowest BCUT2D eigenvalue weighted by atomic mass is 10.2. The van der Waals surface area contributed by atoms with Crippen LogP contribution >= 0.6 is 11.3 Å². The number of hydrogen-bond acceptors (Lipinski definition) is 1. The van der Waals surface area contributed by atoms with Crippen molar-refractivity contribution in [1.82, 2.24) is 0 Å². The van der Waals surface area contributed by atoms with Crippen molar-refractivity contribution in [3.8, 4) is 0 Å². The van der Waals surface area contributed by atoms with E-state index in [1.54, 1.807) is 11.3 Å². The van der Waals surface area contributed by atoms with E-state index >= 15 is 0 Å². The molecule has 0 saturated carbocycles. The third kappa shape index (κ3) is 0.819. The van der Waals surface area contributed by atoms with Crippen LogP contribution < -0.4 is 0 Å². The molecule has 8 heavy (non-hydrogen) atoms. The van der Waals surface area contributed by atoms with Gasteiger partial charge in [0.2, 0.25) is 0 Å². The van der Waals surface area contributed by atoms with Gasteiger partial charge in [-0.25, -0.2) is 0 Å². The maximum atomic E-state index is 3.79. The van der Waals surface area contributed by atoms with Crippen LogP contribution in [0.3, 0.4) is 0 Å². The highest BCUT2D eigenvalue weighted by atomic mass is 32.1. The molecule has 0 aliphatic heterocycles. The Morgan fingerprint density at radius 1 is 1.50 bits per heavy atom. The molecule has 0 bridgehead atoms. The summed E-state index contributed by atoms with van der Waals surface area (Å²) in [6.07, 6.45) is 1.82. The lowest BCUT2D eigenvalue weighted by Crippen LogP contribution is -1.64. The standard InChI is InChI=1S/C7H7S/c1-3-7-5-8-4-6(7)2/h3-5H,1-2H2. The summed E-state index contributed by atoms with van der Waals surface area (Å²) in [5, 5.41) is 4.05. The Bertz CT molecular complexity index is 186. The van der Waals surface area contributed by atoms with Crippen LogP contribution in [0.1, 0.15) is 11.1 Å². The van der Waals surface area contributed by atoms with Crippen LogP contribution in [0.15, 0.2) is 17.3 Å². The molecule has 1 heterocycles. The fraction of sp³-hybridized carbons (Fsp3) is 0. The molecule has 0 amide bonds. The zero-order valence-corrected chi connectivity index (χ0v) is 5.37. The quantitative estimate of drug-likeness (QED) is 0.538. The van der Waals surface area contributed by atoms with Crippen molar-refractivity contribution in [2.24, 2.45) is 0 Å². The van der Waals surface area contributed by atoms with Crippen molar-refractivity contribution in [2.45, 2.75) is 0 Å². The summed E-state index contributed by atoms with van der Waals surface area (Å²) in [6.45, 7) is 7.42. The molecule has 0 aromatic carbocycles. The van der Waals surface area contributed by atoms with E-state index in [-0.39, 0.29) is 0 Å². The molecule has 1 aromatic rings. The topological polar surface area (TPSA) is 0 Å². The second-order valence-corrected chi connectivity index (χ2v) is 2.30. The molecule has 0 spiro atoms. The normalized spacial score (nSPS) is 9.12. The third-order valence-corrected chi connectivity index (χ3v) is 1.81. The molecular formula is C7H7S. The van der Waals surface area contributed by atoms with Crippen LogP contribution in [0.25, 0.3) is 6.08 Å². The lowest BCUT2D eigenvalue weighted by Gasteiger charge is -1.82. The largest absolute Gasteiger partial charge is 0.152 e. The molecule has 1 aromatic heterocycles. The van der Waals surface area contributed by atoms with E-state index in [1.165, 1.54) is 0 Å². The van der Waals surface area contributed by atoms with Gasteiger partial charge >= 0.3 is 0 Å². The van der Waals surface area contributed by atoms with Crippen LogP contribution in [-0.2, 0) is 0 Å². The maximum Gasteiger partial charge on any atom is -0.00181 e. The first-order valence-corrected chi connectivity index (χ1v) is 3.29. The van der Waals surface area contributed by atoms with Gasteiger partial charge in [-0.05, 0) is 28.8 Å². The Kier molecular flexibility index (Phi) is 1.49. The zero-order valence-electron chi connectivity index (χ0n) is 4.55. The maximum absolute atomic E-state index is 3.79. The van der Waals surface area contributed by atoms with E-state index < -0.39 is 0 Å². The van der Waals surface area contributed by atoms with E-state index in [1.807, 2.05) is 16.8 Å². The fourth-order valence-corrected chi connectivity index (χ4v) is 1.27. The Hall–Kier alpha value is -0.560. The van der Waals surface area contributed by atoms with Crippen molar-refractivity contribution in [3.05, 3.63) is 35.4 Å². The number of thiophene rings is 1. The average Bonchev–Trinajstić information content (AvgIpc) is 2.14. The van der Waals surface area contributed by atoms with Gasteiger partial charge in [-0.3, -0.25) is 0 Å². The third-order valence-electron chi connectivity index (χ3n) is 0.996. The van der Waals surface area contributed by atoms with Gasteiger partial charge in [-0.2, -0.15) is 11.3 Å². The van der Waals surface area contributed by atoms with Gasteiger partial charge in [0.25, 0.3) is 0 Å². The molecular weight excluding hydrogens is 116 g/mol. The number of hydrogen-bond donors (Lipinski definition) is 0. The van der Waals surface area contributed by atoms with Gasteiger partial charge < -0.3 is 0 Å². The molecule has 0 aliphatic carbocycles. The first-order valence-electron chi connectivity index (χ1n) is 2.35. The fourth-order valence-electron chi connectivity index (χ4n) is 0.512. The molecule has 0 unspecified atom stereocenters. The molecule has 1 rings (SSSR count). The van der Waals surface area contributed by atoms with Crippen LogP contribution in [-0.4, -0.2) is 0 Å². The van der Waals surface area contributed by atoms with Crippen LogP contribution in [0.4, 0.5) is 0 Å². The van der Waals surface area contributed by atoms with Crippen molar-refractivity contribution >= 4 is 17.4 Å². The summed E-state index contributed by atoms with van der Waals surface area (Å²) in [6, 6.07) is 0. The minimum absolute atomic E-state index is 1.07. The molecule has 41 valence electrons. The van der Waals surface area contributed by atoms with Crippen LogP contribution in [0.2, 0.25) is 0 Å². The molecule has 0 saturated heterocycles. The van der Waals surface area contributed by atoms with Crippen molar-refractivity contribution in [2.75, 3.05) is 0 Å². The highest BCUT2D eigenvalue weighted by Gasteiger charge is 1.89. The lowest BCUT2D eigenvalue weighted by molar-refractivity contribution is 1.73.